The minimum Gasteiger partial charge on any atom is -0.350 e. The van der Waals surface area contributed by atoms with Gasteiger partial charge >= 0.3 is 0 Å². The Kier molecular flexibility index (Phi) is 3.41. The second kappa shape index (κ2) is 5.57. The van der Waals surface area contributed by atoms with Gasteiger partial charge in [-0.2, -0.15) is 5.10 Å². The van der Waals surface area contributed by atoms with Gasteiger partial charge in [0.25, 0.3) is 0 Å². The van der Waals surface area contributed by atoms with Crippen LogP contribution in [0.2, 0.25) is 0 Å². The number of carbonyl (C=O) groups is 1. The van der Waals surface area contributed by atoms with E-state index < -0.39 is 0 Å². The molecule has 0 saturated heterocycles. The van der Waals surface area contributed by atoms with Crippen molar-refractivity contribution in [3.63, 3.8) is 0 Å². The first-order valence-electron chi connectivity index (χ1n) is 8.11. The number of anilines is 1. The fraction of sp³-hybridized carbons (Fsp3) is 0.333. The lowest BCUT2D eigenvalue weighted by atomic mass is 9.95. The monoisotopic (exact) mass is 308 g/mol. The number of rotatable bonds is 3. The fourth-order valence-electron chi connectivity index (χ4n) is 3.45. The predicted octanol–water partition coefficient (Wildman–Crippen LogP) is 2.96. The van der Waals surface area contributed by atoms with Gasteiger partial charge in [-0.3, -0.25) is 9.89 Å². The number of benzene rings is 1. The average Bonchev–Trinajstić information content (AvgIpc) is 3.13. The maximum atomic E-state index is 12.4. The zero-order valence-electron chi connectivity index (χ0n) is 13.2. The van der Waals surface area contributed by atoms with Crippen LogP contribution in [0.4, 0.5) is 5.69 Å². The summed E-state index contributed by atoms with van der Waals surface area (Å²) in [5.41, 5.74) is 5.34. The quantitative estimate of drug-likeness (QED) is 0.781. The maximum Gasteiger partial charge on any atom is 0.230 e. The van der Waals surface area contributed by atoms with Crippen LogP contribution < -0.4 is 5.32 Å². The minimum absolute atomic E-state index is 0.0128. The summed E-state index contributed by atoms with van der Waals surface area (Å²) < 4.78 is 2.05. The zero-order chi connectivity index (χ0) is 15.8. The number of fused-ring (bicyclic) bond motifs is 2. The van der Waals surface area contributed by atoms with Gasteiger partial charge in [-0.05, 0) is 49.4 Å². The Morgan fingerprint density at radius 2 is 2.17 bits per heavy atom. The van der Waals surface area contributed by atoms with Gasteiger partial charge in [-0.15, -0.1) is 0 Å². The van der Waals surface area contributed by atoms with Crippen molar-refractivity contribution < 1.29 is 4.79 Å². The van der Waals surface area contributed by atoms with E-state index in [9.17, 15) is 4.79 Å². The van der Waals surface area contributed by atoms with E-state index in [0.717, 1.165) is 35.1 Å². The van der Waals surface area contributed by atoms with Crippen LogP contribution in [0.1, 0.15) is 29.8 Å². The van der Waals surface area contributed by atoms with Crippen LogP contribution in [0.5, 0.6) is 0 Å². The molecule has 2 N–H and O–H groups in total. The topological polar surface area (TPSA) is 62.7 Å². The molecule has 0 bridgehead atoms. The molecule has 5 heteroatoms. The van der Waals surface area contributed by atoms with Crippen molar-refractivity contribution in [1.29, 1.82) is 0 Å². The van der Waals surface area contributed by atoms with Gasteiger partial charge in [-0.1, -0.05) is 6.07 Å². The lowest BCUT2D eigenvalue weighted by Gasteiger charge is -2.11. The smallest absolute Gasteiger partial charge is 0.230 e. The average molecular weight is 308 g/mol. The number of nitrogens with one attached hydrogen (secondary N) is 2. The molecule has 0 spiro atoms. The second-order valence-corrected chi connectivity index (χ2v) is 6.22. The number of aromatic nitrogens is 3. The maximum absolute atomic E-state index is 12.4. The van der Waals surface area contributed by atoms with Crippen LogP contribution in [-0.2, 0) is 31.1 Å². The first kappa shape index (κ1) is 14.1. The van der Waals surface area contributed by atoms with E-state index in [1.807, 2.05) is 31.4 Å². The molecule has 2 aromatic heterocycles. The molecule has 0 saturated carbocycles. The normalized spacial score (nSPS) is 14.0. The molecule has 118 valence electrons. The Hall–Kier alpha value is -2.56. The Balaban J connectivity index is 1.55. The van der Waals surface area contributed by atoms with Crippen LogP contribution >= 0.6 is 0 Å². The summed E-state index contributed by atoms with van der Waals surface area (Å²) in [6, 6.07) is 7.99. The van der Waals surface area contributed by atoms with E-state index in [4.69, 9.17) is 0 Å². The van der Waals surface area contributed by atoms with E-state index in [2.05, 4.69) is 26.1 Å². The number of amides is 1. The number of aromatic amines is 1. The molecule has 1 amide bonds. The first-order valence-corrected chi connectivity index (χ1v) is 8.11. The summed E-state index contributed by atoms with van der Waals surface area (Å²) in [6.07, 6.45) is 6.80. The largest absolute Gasteiger partial charge is 0.350 e. The molecule has 5 nitrogen and oxygen atoms in total. The molecule has 1 aromatic carbocycles. The van der Waals surface area contributed by atoms with Crippen molar-refractivity contribution in [2.75, 3.05) is 5.32 Å². The van der Waals surface area contributed by atoms with E-state index in [-0.39, 0.29) is 5.91 Å². The third-order valence-corrected chi connectivity index (χ3v) is 4.67. The highest BCUT2D eigenvalue weighted by atomic mass is 16.1. The van der Waals surface area contributed by atoms with Gasteiger partial charge in [-0.25, -0.2) is 0 Å². The molecule has 23 heavy (non-hydrogen) atoms. The molecule has 4 rings (SSSR count). The van der Waals surface area contributed by atoms with Crippen LogP contribution in [0, 0.1) is 0 Å². The zero-order valence-corrected chi connectivity index (χ0v) is 13.2. The standard InChI is InChI=1S/C18H20N4O/c1-22-10-9-13-14(7-4-8-17(13)22)19-18(23)11-16-12-5-2-3-6-15(12)20-21-16/h4,7-10H,2-3,5-6,11H2,1H3,(H,19,23)(H,20,21). The van der Waals surface area contributed by atoms with E-state index in [0.29, 0.717) is 6.42 Å². The van der Waals surface area contributed by atoms with Crippen molar-refractivity contribution in [3.8, 4) is 0 Å². The summed E-state index contributed by atoms with van der Waals surface area (Å²) in [5.74, 6) is -0.0128. The van der Waals surface area contributed by atoms with Gasteiger partial charge in [0, 0.05) is 29.8 Å². The predicted molar refractivity (Wildman–Crippen MR) is 90.5 cm³/mol. The Morgan fingerprint density at radius 3 is 3.09 bits per heavy atom. The lowest BCUT2D eigenvalue weighted by Crippen LogP contribution is -2.16. The van der Waals surface area contributed by atoms with E-state index in [1.165, 1.54) is 24.1 Å². The molecule has 0 atom stereocenters. The third-order valence-electron chi connectivity index (χ3n) is 4.67. The number of hydrogen-bond acceptors (Lipinski definition) is 2. The SMILES string of the molecule is Cn1ccc2c(NC(=O)Cc3n[nH]c4c3CCCC4)cccc21. The summed E-state index contributed by atoms with van der Waals surface area (Å²) in [5, 5.41) is 11.6. The van der Waals surface area contributed by atoms with Gasteiger partial charge in [0.05, 0.1) is 17.8 Å². The van der Waals surface area contributed by atoms with E-state index in [1.54, 1.807) is 0 Å². The molecule has 0 unspecified atom stereocenters. The van der Waals surface area contributed by atoms with Crippen molar-refractivity contribution in [3.05, 3.63) is 47.4 Å². The van der Waals surface area contributed by atoms with Crippen LogP contribution in [0.3, 0.4) is 0 Å². The molecule has 0 radical (unpaired) electrons. The van der Waals surface area contributed by atoms with Crippen molar-refractivity contribution in [2.45, 2.75) is 32.1 Å². The third kappa shape index (κ3) is 2.52. The molecular weight excluding hydrogens is 288 g/mol. The molecule has 2 heterocycles. The van der Waals surface area contributed by atoms with Gasteiger partial charge in [0.1, 0.15) is 0 Å². The fourth-order valence-corrected chi connectivity index (χ4v) is 3.45. The molecular formula is C18H20N4O. The van der Waals surface area contributed by atoms with Gasteiger partial charge in [0.2, 0.25) is 5.91 Å². The number of nitrogens with zero attached hydrogens (tertiary/aromatic N) is 2. The summed E-state index contributed by atoms with van der Waals surface area (Å²) >= 11 is 0. The van der Waals surface area contributed by atoms with Crippen LogP contribution in [-0.4, -0.2) is 20.7 Å². The highest BCUT2D eigenvalue weighted by Crippen LogP contribution is 2.25. The number of carbonyl (C=O) groups excluding carboxylic acids is 1. The van der Waals surface area contributed by atoms with Crippen molar-refractivity contribution in [2.24, 2.45) is 7.05 Å². The van der Waals surface area contributed by atoms with Crippen molar-refractivity contribution >= 4 is 22.5 Å². The Bertz CT molecular complexity index is 874. The van der Waals surface area contributed by atoms with Crippen LogP contribution in [0.15, 0.2) is 30.5 Å². The van der Waals surface area contributed by atoms with E-state index >= 15 is 0 Å². The molecule has 3 aromatic rings. The number of hydrogen-bond donors (Lipinski definition) is 2. The molecule has 1 aliphatic carbocycles. The second-order valence-electron chi connectivity index (χ2n) is 6.22. The molecule has 0 fully saturated rings. The van der Waals surface area contributed by atoms with Gasteiger partial charge in [0.15, 0.2) is 0 Å². The van der Waals surface area contributed by atoms with Crippen LogP contribution in [0.25, 0.3) is 10.9 Å². The Morgan fingerprint density at radius 1 is 1.30 bits per heavy atom. The summed E-state index contributed by atoms with van der Waals surface area (Å²) in [4.78, 5) is 12.4. The Labute approximate surface area is 134 Å². The highest BCUT2D eigenvalue weighted by molar-refractivity contribution is 6.02. The minimum atomic E-state index is -0.0128. The molecule has 0 aliphatic heterocycles. The van der Waals surface area contributed by atoms with Crippen molar-refractivity contribution in [1.82, 2.24) is 14.8 Å². The molecule has 1 aliphatic rings. The van der Waals surface area contributed by atoms with Gasteiger partial charge < -0.3 is 9.88 Å². The summed E-state index contributed by atoms with van der Waals surface area (Å²) in [7, 11) is 2.00. The summed E-state index contributed by atoms with van der Waals surface area (Å²) in [6.45, 7) is 0. The lowest BCUT2D eigenvalue weighted by molar-refractivity contribution is -0.115. The first-order chi connectivity index (χ1) is 11.2. The number of H-pyrrole nitrogens is 1. The number of aryl methyl sites for hydroxylation is 2. The highest BCUT2D eigenvalue weighted by Gasteiger charge is 2.19.